The van der Waals surface area contributed by atoms with Gasteiger partial charge in [-0.3, -0.25) is 19.7 Å². The summed E-state index contributed by atoms with van der Waals surface area (Å²) in [5.74, 6) is -0.928. The molecule has 0 fully saturated rings. The first-order valence-electron chi connectivity index (χ1n) is 9.28. The molecular formula is C20H23N4O4S+. The number of hydrogen-bond acceptors (Lipinski definition) is 5. The lowest BCUT2D eigenvalue weighted by atomic mass is 10.0. The molecule has 8 nitrogen and oxygen atoms in total. The number of nitrogens with one attached hydrogen (secondary N) is 2. The maximum Gasteiger partial charge on any atom is 0.269 e. The van der Waals surface area contributed by atoms with E-state index in [9.17, 15) is 19.7 Å². The highest BCUT2D eigenvalue weighted by Crippen LogP contribution is 2.34. The summed E-state index contributed by atoms with van der Waals surface area (Å²) < 4.78 is 0. The zero-order valence-electron chi connectivity index (χ0n) is 16.2. The van der Waals surface area contributed by atoms with E-state index in [2.05, 4.69) is 19.2 Å². The zero-order valence-corrected chi connectivity index (χ0v) is 17.0. The first kappa shape index (κ1) is 20.7. The molecule has 152 valence electrons. The van der Waals surface area contributed by atoms with Crippen molar-refractivity contribution in [1.29, 1.82) is 0 Å². The molecule has 2 aromatic rings. The van der Waals surface area contributed by atoms with E-state index in [0.29, 0.717) is 22.2 Å². The highest BCUT2D eigenvalue weighted by atomic mass is 32.1. The van der Waals surface area contributed by atoms with Crippen LogP contribution in [-0.2, 0) is 17.8 Å². The second kappa shape index (κ2) is 8.54. The lowest BCUT2D eigenvalue weighted by Gasteiger charge is -2.27. The van der Waals surface area contributed by atoms with E-state index in [1.807, 2.05) is 0 Å². The van der Waals surface area contributed by atoms with E-state index in [0.717, 1.165) is 30.0 Å². The van der Waals surface area contributed by atoms with Crippen LogP contribution in [0.15, 0.2) is 30.3 Å². The van der Waals surface area contributed by atoms with Crippen LogP contribution in [0.4, 0.5) is 10.7 Å². The van der Waals surface area contributed by atoms with Crippen LogP contribution < -0.4 is 16.0 Å². The van der Waals surface area contributed by atoms with Crippen molar-refractivity contribution in [2.45, 2.75) is 32.9 Å². The summed E-state index contributed by atoms with van der Waals surface area (Å²) >= 11 is 1.40. The Bertz CT molecular complexity index is 979. The van der Waals surface area contributed by atoms with Gasteiger partial charge in [0.25, 0.3) is 11.6 Å². The van der Waals surface area contributed by atoms with Crippen molar-refractivity contribution in [3.63, 3.8) is 0 Å². The number of nitro benzene ring substituents is 1. The van der Waals surface area contributed by atoms with Crippen molar-refractivity contribution in [1.82, 2.24) is 0 Å². The number of rotatable bonds is 6. The van der Waals surface area contributed by atoms with Gasteiger partial charge in [-0.2, -0.15) is 0 Å². The van der Waals surface area contributed by atoms with Gasteiger partial charge in [0.2, 0.25) is 5.91 Å². The maximum atomic E-state index is 12.4. The smallest absolute Gasteiger partial charge is 0.269 e. The van der Waals surface area contributed by atoms with Gasteiger partial charge in [0, 0.05) is 24.6 Å². The number of non-ortho nitro benzene ring substituents is 1. The largest absolute Gasteiger partial charge is 0.365 e. The number of nitro groups is 1. The summed E-state index contributed by atoms with van der Waals surface area (Å²) in [6, 6.07) is 6.34. The van der Waals surface area contributed by atoms with Crippen LogP contribution >= 0.6 is 11.3 Å². The minimum atomic E-state index is -0.537. The summed E-state index contributed by atoms with van der Waals surface area (Å²) in [5, 5.41) is 13.9. The van der Waals surface area contributed by atoms with Gasteiger partial charge in [0.15, 0.2) is 0 Å². The highest BCUT2D eigenvalue weighted by Gasteiger charge is 2.30. The SMILES string of the molecule is CC(C)[NH+]1CCc2c(sc(NC(=O)C=Cc3ccc([N+](=O)[O-])cc3)c2C(N)=O)C1. The first-order chi connectivity index (χ1) is 13.8. The van der Waals surface area contributed by atoms with Gasteiger partial charge < -0.3 is 16.0 Å². The summed E-state index contributed by atoms with van der Waals surface area (Å²) in [5.41, 5.74) is 7.59. The Morgan fingerprint density at radius 2 is 2.00 bits per heavy atom. The number of anilines is 1. The monoisotopic (exact) mass is 415 g/mol. The molecule has 1 aliphatic rings. The maximum absolute atomic E-state index is 12.4. The van der Waals surface area contributed by atoms with Crippen molar-refractivity contribution in [2.75, 3.05) is 11.9 Å². The van der Waals surface area contributed by atoms with Crippen LogP contribution in [0.2, 0.25) is 0 Å². The van der Waals surface area contributed by atoms with E-state index in [1.165, 1.54) is 34.4 Å². The topological polar surface area (TPSA) is 120 Å². The Hall–Kier alpha value is -3.04. The minimum absolute atomic E-state index is 0.0144. The Morgan fingerprint density at radius 1 is 1.31 bits per heavy atom. The number of primary amides is 1. The van der Waals surface area contributed by atoms with Gasteiger partial charge in [0.1, 0.15) is 11.5 Å². The lowest BCUT2D eigenvalue weighted by molar-refractivity contribution is -0.936. The average molecular weight is 415 g/mol. The van der Waals surface area contributed by atoms with Crippen molar-refractivity contribution in [3.05, 3.63) is 62.0 Å². The third kappa shape index (κ3) is 4.69. The number of quaternary nitrogens is 1. The normalized spacial score (nSPS) is 16.0. The molecule has 1 aromatic carbocycles. The van der Waals surface area contributed by atoms with Gasteiger partial charge in [-0.25, -0.2) is 0 Å². The average Bonchev–Trinajstić information content (AvgIpc) is 3.03. The fraction of sp³-hybridized carbons (Fsp3) is 0.300. The molecule has 2 heterocycles. The molecule has 0 bridgehead atoms. The summed E-state index contributed by atoms with van der Waals surface area (Å²) in [6.07, 6.45) is 3.64. The number of hydrogen-bond donors (Lipinski definition) is 3. The van der Waals surface area contributed by atoms with Crippen LogP contribution in [0.25, 0.3) is 6.08 Å². The Morgan fingerprint density at radius 3 is 2.59 bits per heavy atom. The Balaban J connectivity index is 1.76. The predicted octanol–water partition coefficient (Wildman–Crippen LogP) is 1.76. The van der Waals surface area contributed by atoms with E-state index in [4.69, 9.17) is 5.73 Å². The zero-order chi connectivity index (χ0) is 21.1. The predicted molar refractivity (Wildman–Crippen MR) is 112 cm³/mol. The van der Waals surface area contributed by atoms with Gasteiger partial charge in [0.05, 0.1) is 28.0 Å². The number of fused-ring (bicyclic) bond motifs is 1. The van der Waals surface area contributed by atoms with Crippen molar-refractivity contribution in [2.24, 2.45) is 5.73 Å². The molecule has 1 atom stereocenters. The molecule has 0 aliphatic carbocycles. The van der Waals surface area contributed by atoms with E-state index >= 15 is 0 Å². The highest BCUT2D eigenvalue weighted by molar-refractivity contribution is 7.17. The summed E-state index contributed by atoms with van der Waals surface area (Å²) in [4.78, 5) is 37.1. The number of nitrogens with two attached hydrogens (primary N) is 1. The molecule has 29 heavy (non-hydrogen) atoms. The van der Waals surface area contributed by atoms with Crippen LogP contribution in [0, 0.1) is 10.1 Å². The van der Waals surface area contributed by atoms with Gasteiger partial charge in [-0.05, 0) is 43.2 Å². The molecule has 4 N–H and O–H groups in total. The lowest BCUT2D eigenvalue weighted by Crippen LogP contribution is -3.14. The van der Waals surface area contributed by atoms with Crippen molar-refractivity contribution < 1.29 is 19.4 Å². The number of nitrogens with zero attached hydrogens (tertiary/aromatic N) is 1. The van der Waals surface area contributed by atoms with E-state index < -0.39 is 16.7 Å². The third-order valence-corrected chi connectivity index (χ3v) is 6.15. The van der Waals surface area contributed by atoms with Gasteiger partial charge >= 0.3 is 0 Å². The van der Waals surface area contributed by atoms with Crippen LogP contribution in [0.3, 0.4) is 0 Å². The van der Waals surface area contributed by atoms with Crippen molar-refractivity contribution >= 4 is 39.9 Å². The molecule has 0 radical (unpaired) electrons. The summed E-state index contributed by atoms with van der Waals surface area (Å²) in [7, 11) is 0. The number of thiophene rings is 1. The molecule has 2 amide bonds. The van der Waals surface area contributed by atoms with Crippen molar-refractivity contribution in [3.8, 4) is 0 Å². The van der Waals surface area contributed by atoms with Crippen LogP contribution in [-0.4, -0.2) is 29.3 Å². The van der Waals surface area contributed by atoms with E-state index in [1.54, 1.807) is 18.2 Å². The minimum Gasteiger partial charge on any atom is -0.365 e. The molecule has 1 unspecified atom stereocenters. The molecule has 1 aromatic heterocycles. The number of carbonyl (C=O) groups is 2. The third-order valence-electron chi connectivity index (χ3n) is 5.01. The fourth-order valence-electron chi connectivity index (χ4n) is 3.37. The Kier molecular flexibility index (Phi) is 6.09. The van der Waals surface area contributed by atoms with Gasteiger partial charge in [-0.15, -0.1) is 11.3 Å². The summed E-state index contributed by atoms with van der Waals surface area (Å²) in [6.45, 7) is 6.06. The molecule has 3 rings (SSSR count). The fourth-order valence-corrected chi connectivity index (χ4v) is 4.68. The van der Waals surface area contributed by atoms with E-state index in [-0.39, 0.29) is 5.69 Å². The second-order valence-electron chi connectivity index (χ2n) is 7.23. The molecule has 0 saturated carbocycles. The molecular weight excluding hydrogens is 392 g/mol. The number of benzene rings is 1. The molecule has 1 aliphatic heterocycles. The molecule has 0 saturated heterocycles. The number of amides is 2. The molecule has 9 heteroatoms. The van der Waals surface area contributed by atoms with Crippen LogP contribution in [0.5, 0.6) is 0 Å². The standard InChI is InChI=1S/C20H22N4O4S/c1-12(2)23-10-9-15-16(11-23)29-20(18(15)19(21)26)22-17(25)8-5-13-3-6-14(7-4-13)24(27)28/h3-8,12H,9-11H2,1-2H3,(H2,21,26)(H,22,25)/p+1. The molecule has 0 spiro atoms. The Labute approximate surface area is 172 Å². The van der Waals surface area contributed by atoms with Gasteiger partial charge in [-0.1, -0.05) is 0 Å². The van der Waals surface area contributed by atoms with Crippen LogP contribution in [0.1, 0.15) is 40.2 Å². The first-order valence-corrected chi connectivity index (χ1v) is 10.1. The second-order valence-corrected chi connectivity index (χ2v) is 8.34. The number of carbonyl (C=O) groups excluding carboxylic acids is 2. The quantitative estimate of drug-likeness (QED) is 0.378.